The maximum absolute atomic E-state index is 12.2. The quantitative estimate of drug-likeness (QED) is 0.465. The van der Waals surface area contributed by atoms with Gasteiger partial charge in [-0.2, -0.15) is 0 Å². The first-order chi connectivity index (χ1) is 9.03. The van der Waals surface area contributed by atoms with E-state index in [1.54, 1.807) is 13.2 Å². The third-order valence-corrected chi connectivity index (χ3v) is 3.02. The second kappa shape index (κ2) is 5.26. The van der Waals surface area contributed by atoms with Crippen LogP contribution in [0.25, 0.3) is 10.8 Å². The molecule has 0 N–H and O–H groups in total. The van der Waals surface area contributed by atoms with E-state index in [4.69, 9.17) is 4.74 Å². The Labute approximate surface area is 113 Å². The van der Waals surface area contributed by atoms with Crippen LogP contribution in [0.4, 0.5) is 0 Å². The van der Waals surface area contributed by atoms with E-state index in [1.807, 2.05) is 50.2 Å². The number of rotatable bonds is 2. The van der Waals surface area contributed by atoms with E-state index >= 15 is 0 Å². The van der Waals surface area contributed by atoms with E-state index in [-0.39, 0.29) is 5.78 Å². The van der Waals surface area contributed by atoms with Crippen molar-refractivity contribution in [3.63, 3.8) is 0 Å². The molecule has 0 aliphatic rings. The Morgan fingerprint density at radius 3 is 2.53 bits per heavy atom. The fraction of sp³-hybridized carbons (Fsp3) is 0.235. The number of benzene rings is 2. The van der Waals surface area contributed by atoms with Gasteiger partial charge in [0.2, 0.25) is 5.78 Å². The second-order valence-electron chi connectivity index (χ2n) is 4.82. The van der Waals surface area contributed by atoms with Gasteiger partial charge in [-0.25, -0.2) is 0 Å². The lowest BCUT2D eigenvalue weighted by Crippen LogP contribution is -2.19. The smallest absolute Gasteiger partial charge is 0.236 e. The molecule has 0 amide bonds. The highest BCUT2D eigenvalue weighted by Gasteiger charge is 2.13. The molecular weight excluding hydrogens is 236 g/mol. The number of carbonyl (C=O) groups is 1. The monoisotopic (exact) mass is 252 g/mol. The highest BCUT2D eigenvalue weighted by atomic mass is 16.5. The van der Waals surface area contributed by atoms with E-state index in [2.05, 4.69) is 11.8 Å². The zero-order valence-corrected chi connectivity index (χ0v) is 11.4. The van der Waals surface area contributed by atoms with Crippen molar-refractivity contribution in [2.24, 2.45) is 0 Å². The van der Waals surface area contributed by atoms with Crippen LogP contribution in [0, 0.1) is 11.8 Å². The molecule has 0 heterocycles. The summed E-state index contributed by atoms with van der Waals surface area (Å²) in [5.74, 6) is 5.34. The van der Waals surface area contributed by atoms with Crippen LogP contribution in [-0.4, -0.2) is 18.5 Å². The van der Waals surface area contributed by atoms with Gasteiger partial charge in [0.15, 0.2) is 0 Å². The maximum atomic E-state index is 12.2. The summed E-state index contributed by atoms with van der Waals surface area (Å²) >= 11 is 0. The first-order valence-electron chi connectivity index (χ1n) is 6.14. The molecule has 0 saturated heterocycles. The SMILES string of the molecule is COC(C)(C)C#CC(=O)c1cccc2ccccc12. The Balaban J connectivity index is 2.43. The summed E-state index contributed by atoms with van der Waals surface area (Å²) in [5, 5.41) is 1.97. The van der Waals surface area contributed by atoms with Gasteiger partial charge in [-0.1, -0.05) is 42.3 Å². The molecule has 19 heavy (non-hydrogen) atoms. The van der Waals surface area contributed by atoms with E-state index in [1.165, 1.54) is 0 Å². The number of Topliss-reactive ketones (excluding diaryl/α,β-unsaturated/α-hetero) is 1. The van der Waals surface area contributed by atoms with Crippen LogP contribution in [0.2, 0.25) is 0 Å². The normalized spacial score (nSPS) is 10.9. The van der Waals surface area contributed by atoms with Crippen LogP contribution in [0.3, 0.4) is 0 Å². The molecule has 0 aliphatic carbocycles. The molecule has 2 heteroatoms. The predicted octanol–water partition coefficient (Wildman–Crippen LogP) is 3.45. The van der Waals surface area contributed by atoms with Crippen molar-refractivity contribution in [1.29, 1.82) is 0 Å². The molecule has 0 aliphatic heterocycles. The average molecular weight is 252 g/mol. The van der Waals surface area contributed by atoms with E-state index in [0.717, 1.165) is 10.8 Å². The number of ketones is 1. The molecule has 2 nitrogen and oxygen atoms in total. The van der Waals surface area contributed by atoms with Crippen LogP contribution in [0.15, 0.2) is 42.5 Å². The first kappa shape index (κ1) is 13.3. The third-order valence-electron chi connectivity index (χ3n) is 3.02. The molecule has 0 bridgehead atoms. The number of hydrogen-bond donors (Lipinski definition) is 0. The van der Waals surface area contributed by atoms with Crippen molar-refractivity contribution in [2.75, 3.05) is 7.11 Å². The Kier molecular flexibility index (Phi) is 3.69. The number of fused-ring (bicyclic) bond motifs is 1. The highest BCUT2D eigenvalue weighted by Crippen LogP contribution is 2.18. The zero-order valence-electron chi connectivity index (χ0n) is 11.4. The van der Waals surface area contributed by atoms with E-state index in [0.29, 0.717) is 5.56 Å². The summed E-state index contributed by atoms with van der Waals surface area (Å²) in [4.78, 5) is 12.2. The molecule has 2 aromatic carbocycles. The van der Waals surface area contributed by atoms with Crippen LogP contribution in [0.1, 0.15) is 24.2 Å². The molecule has 96 valence electrons. The fourth-order valence-electron chi connectivity index (χ4n) is 1.75. The summed E-state index contributed by atoms with van der Waals surface area (Å²) in [5.41, 5.74) is 0.0257. The minimum Gasteiger partial charge on any atom is -0.366 e. The van der Waals surface area contributed by atoms with Gasteiger partial charge in [0.05, 0.1) is 0 Å². The Morgan fingerprint density at radius 2 is 1.79 bits per heavy atom. The number of ether oxygens (including phenoxy) is 1. The summed E-state index contributed by atoms with van der Waals surface area (Å²) in [7, 11) is 1.58. The highest BCUT2D eigenvalue weighted by molar-refractivity contribution is 6.16. The van der Waals surface area contributed by atoms with Crippen molar-refractivity contribution >= 4 is 16.6 Å². The molecule has 0 saturated carbocycles. The topological polar surface area (TPSA) is 26.3 Å². The molecule has 2 aromatic rings. The van der Waals surface area contributed by atoms with Gasteiger partial charge in [0, 0.05) is 12.7 Å². The van der Waals surface area contributed by atoms with Gasteiger partial charge in [-0.05, 0) is 36.6 Å². The summed E-state index contributed by atoms with van der Waals surface area (Å²) in [6.07, 6.45) is 0. The lowest BCUT2D eigenvalue weighted by Gasteiger charge is -2.14. The van der Waals surface area contributed by atoms with Crippen molar-refractivity contribution in [3.8, 4) is 11.8 Å². The fourth-order valence-corrected chi connectivity index (χ4v) is 1.75. The molecule has 0 atom stereocenters. The van der Waals surface area contributed by atoms with E-state index < -0.39 is 5.60 Å². The van der Waals surface area contributed by atoms with Crippen LogP contribution < -0.4 is 0 Å². The third kappa shape index (κ3) is 3.01. The molecule has 0 unspecified atom stereocenters. The summed E-state index contributed by atoms with van der Waals surface area (Å²) < 4.78 is 5.19. The van der Waals surface area contributed by atoms with Crippen LogP contribution in [0.5, 0.6) is 0 Å². The minimum absolute atomic E-state index is 0.179. The number of hydrogen-bond acceptors (Lipinski definition) is 2. The number of methoxy groups -OCH3 is 1. The van der Waals surface area contributed by atoms with Crippen molar-refractivity contribution in [2.45, 2.75) is 19.4 Å². The molecule has 0 spiro atoms. The molecule has 2 rings (SSSR count). The van der Waals surface area contributed by atoms with Gasteiger partial charge in [0.1, 0.15) is 5.60 Å². The second-order valence-corrected chi connectivity index (χ2v) is 4.82. The van der Waals surface area contributed by atoms with Crippen molar-refractivity contribution in [1.82, 2.24) is 0 Å². The summed E-state index contributed by atoms with van der Waals surface area (Å²) in [6, 6.07) is 13.5. The maximum Gasteiger partial charge on any atom is 0.236 e. The van der Waals surface area contributed by atoms with Crippen LogP contribution >= 0.6 is 0 Å². The standard InChI is InChI=1S/C17H16O2/c1-17(2,19-3)12-11-16(18)15-10-6-8-13-7-4-5-9-14(13)15/h4-10H,1-3H3. The minimum atomic E-state index is -0.611. The van der Waals surface area contributed by atoms with Gasteiger partial charge >= 0.3 is 0 Å². The van der Waals surface area contributed by atoms with Gasteiger partial charge in [0.25, 0.3) is 0 Å². The molecule has 0 aromatic heterocycles. The molecule has 0 radical (unpaired) electrons. The summed E-state index contributed by atoms with van der Waals surface area (Å²) in [6.45, 7) is 3.66. The largest absolute Gasteiger partial charge is 0.366 e. The van der Waals surface area contributed by atoms with Gasteiger partial charge < -0.3 is 4.74 Å². The predicted molar refractivity (Wildman–Crippen MR) is 77.1 cm³/mol. The van der Waals surface area contributed by atoms with Gasteiger partial charge in [-0.3, -0.25) is 4.79 Å². The average Bonchev–Trinajstić information content (AvgIpc) is 2.44. The molecule has 0 fully saturated rings. The Bertz CT molecular complexity index is 667. The zero-order chi connectivity index (χ0) is 13.9. The number of carbonyl (C=O) groups excluding carboxylic acids is 1. The van der Waals surface area contributed by atoms with Gasteiger partial charge in [-0.15, -0.1) is 0 Å². The van der Waals surface area contributed by atoms with E-state index in [9.17, 15) is 4.79 Å². The Morgan fingerprint density at radius 1 is 1.11 bits per heavy atom. The van der Waals surface area contributed by atoms with Crippen molar-refractivity contribution < 1.29 is 9.53 Å². The molecular formula is C17H16O2. The first-order valence-corrected chi connectivity index (χ1v) is 6.14. The lowest BCUT2D eigenvalue weighted by atomic mass is 10.0. The lowest BCUT2D eigenvalue weighted by molar-refractivity contribution is 0.0738. The Hall–Kier alpha value is -2.11. The van der Waals surface area contributed by atoms with Crippen LogP contribution in [-0.2, 0) is 4.74 Å². The van der Waals surface area contributed by atoms with Crippen molar-refractivity contribution in [3.05, 3.63) is 48.0 Å².